The molecule has 15 heavy (non-hydrogen) atoms. The number of fused-ring (bicyclic) bond motifs is 1. The van der Waals surface area contributed by atoms with Gasteiger partial charge in [0.1, 0.15) is 0 Å². The molecule has 2 aliphatic heterocycles. The molecule has 5 nitrogen and oxygen atoms in total. The van der Waals surface area contributed by atoms with Crippen LogP contribution in [0, 0.1) is 0 Å². The van der Waals surface area contributed by atoms with Crippen molar-refractivity contribution in [3.63, 3.8) is 0 Å². The lowest BCUT2D eigenvalue weighted by Crippen LogP contribution is -2.33. The fraction of sp³-hybridized carbons (Fsp3) is 0.750. The Balaban J connectivity index is 2.22. The molecule has 2 atom stereocenters. The number of hydrogen-bond acceptors (Lipinski definition) is 4. The van der Waals surface area contributed by atoms with E-state index < -0.39 is 9.84 Å². The maximum Gasteiger partial charge on any atom is 0.244 e. The number of carbonyl (C=O) groups excluding carboxylic acids is 1. The van der Waals surface area contributed by atoms with Crippen LogP contribution in [-0.2, 0) is 14.6 Å². The van der Waals surface area contributed by atoms with E-state index in [9.17, 15) is 13.2 Å². The van der Waals surface area contributed by atoms with Crippen LogP contribution in [0.1, 0.15) is 6.92 Å². The van der Waals surface area contributed by atoms with E-state index in [1.54, 1.807) is 11.9 Å². The average molecular weight is 248 g/mol. The smallest absolute Gasteiger partial charge is 0.244 e. The van der Waals surface area contributed by atoms with Gasteiger partial charge >= 0.3 is 0 Å². The standard InChI is InChI=1S/C8H12N2O3S2/c1-5(11)9-8-10(2)6-3-15(12,13)4-7(6)14-8/h6-7H,3-4H2,1-2H3/t6-,7+/m0/s1. The SMILES string of the molecule is CC(=O)N=C1S[C@@H]2CS(=O)(=O)C[C@@H]2N1C. The first-order chi connectivity index (χ1) is 6.89. The Labute approximate surface area is 92.8 Å². The van der Waals surface area contributed by atoms with Crippen LogP contribution in [0.4, 0.5) is 0 Å². The number of rotatable bonds is 0. The predicted octanol–water partition coefficient (Wildman–Crippen LogP) is -0.267. The number of amidine groups is 1. The third kappa shape index (κ3) is 2.03. The Bertz CT molecular complexity index is 429. The maximum absolute atomic E-state index is 11.4. The van der Waals surface area contributed by atoms with Crippen LogP contribution < -0.4 is 0 Å². The van der Waals surface area contributed by atoms with Gasteiger partial charge in [0.15, 0.2) is 15.0 Å². The molecule has 0 bridgehead atoms. The van der Waals surface area contributed by atoms with Crippen molar-refractivity contribution in [3.05, 3.63) is 0 Å². The molecule has 7 heteroatoms. The van der Waals surface area contributed by atoms with Gasteiger partial charge in [-0.25, -0.2) is 8.42 Å². The van der Waals surface area contributed by atoms with E-state index >= 15 is 0 Å². The summed E-state index contributed by atoms with van der Waals surface area (Å²) in [6.07, 6.45) is 0. The second-order valence-electron chi connectivity index (χ2n) is 3.82. The minimum atomic E-state index is -2.89. The molecule has 0 saturated carbocycles. The Morgan fingerprint density at radius 1 is 1.53 bits per heavy atom. The Morgan fingerprint density at radius 2 is 2.20 bits per heavy atom. The highest BCUT2D eigenvalue weighted by Gasteiger charge is 2.47. The molecule has 0 aromatic rings. The molecule has 2 saturated heterocycles. The molecule has 2 heterocycles. The van der Waals surface area contributed by atoms with Gasteiger partial charge in [-0.3, -0.25) is 4.79 Å². The Kier molecular flexibility index (Phi) is 2.54. The van der Waals surface area contributed by atoms with Gasteiger partial charge in [0.25, 0.3) is 0 Å². The van der Waals surface area contributed by atoms with Crippen LogP contribution in [0.2, 0.25) is 0 Å². The van der Waals surface area contributed by atoms with Crippen LogP contribution in [0.5, 0.6) is 0 Å². The topological polar surface area (TPSA) is 66.8 Å². The lowest BCUT2D eigenvalue weighted by Gasteiger charge is -2.17. The summed E-state index contributed by atoms with van der Waals surface area (Å²) in [6.45, 7) is 1.40. The summed E-state index contributed by atoms with van der Waals surface area (Å²) >= 11 is 1.40. The minimum absolute atomic E-state index is 0.0156. The molecule has 2 rings (SSSR count). The van der Waals surface area contributed by atoms with Crippen LogP contribution >= 0.6 is 11.8 Å². The van der Waals surface area contributed by atoms with Crippen LogP contribution in [0.15, 0.2) is 4.99 Å². The fourth-order valence-electron chi connectivity index (χ4n) is 1.87. The second kappa shape index (κ2) is 3.48. The predicted molar refractivity (Wildman–Crippen MR) is 59.7 cm³/mol. The molecular formula is C8H12N2O3S2. The average Bonchev–Trinajstić information content (AvgIpc) is 2.48. The summed E-state index contributed by atoms with van der Waals surface area (Å²) in [5.74, 6) is 0.133. The summed E-state index contributed by atoms with van der Waals surface area (Å²) in [6, 6.07) is -0.0156. The summed E-state index contributed by atoms with van der Waals surface area (Å²) in [5, 5.41) is 0.686. The first-order valence-corrected chi connectivity index (χ1v) is 7.28. The van der Waals surface area contributed by atoms with Crippen LogP contribution in [-0.4, -0.2) is 54.2 Å². The van der Waals surface area contributed by atoms with Crippen molar-refractivity contribution in [2.24, 2.45) is 4.99 Å². The quantitative estimate of drug-likeness (QED) is 0.590. The van der Waals surface area contributed by atoms with Crippen molar-refractivity contribution >= 4 is 32.7 Å². The number of amides is 1. The molecule has 0 aromatic heterocycles. The number of aliphatic imine (C=N–C) groups is 1. The van der Waals surface area contributed by atoms with Crippen molar-refractivity contribution in [3.8, 4) is 0 Å². The summed E-state index contributed by atoms with van der Waals surface area (Å²) in [5.41, 5.74) is 0. The van der Waals surface area contributed by atoms with Gasteiger partial charge in [0.2, 0.25) is 5.91 Å². The third-order valence-corrected chi connectivity index (χ3v) is 5.88. The van der Waals surface area contributed by atoms with Gasteiger partial charge in [0, 0.05) is 19.2 Å². The highest BCUT2D eigenvalue weighted by atomic mass is 32.2. The summed E-state index contributed by atoms with van der Waals surface area (Å²) in [4.78, 5) is 16.5. The molecule has 0 N–H and O–H groups in total. The molecule has 0 aliphatic carbocycles. The van der Waals surface area contributed by atoms with Crippen molar-refractivity contribution in [2.45, 2.75) is 18.2 Å². The molecule has 0 aromatic carbocycles. The summed E-state index contributed by atoms with van der Waals surface area (Å²) in [7, 11) is -1.10. The first-order valence-electron chi connectivity index (χ1n) is 4.58. The van der Waals surface area contributed by atoms with Gasteiger partial charge in [-0.2, -0.15) is 4.99 Å². The molecule has 2 fully saturated rings. The van der Waals surface area contributed by atoms with Crippen molar-refractivity contribution < 1.29 is 13.2 Å². The molecule has 0 spiro atoms. The largest absolute Gasteiger partial charge is 0.349 e. The molecular weight excluding hydrogens is 236 g/mol. The van der Waals surface area contributed by atoms with Crippen molar-refractivity contribution in [1.29, 1.82) is 0 Å². The van der Waals surface area contributed by atoms with E-state index in [1.807, 2.05) is 0 Å². The Hall–Kier alpha value is -0.560. The van der Waals surface area contributed by atoms with Gasteiger partial charge < -0.3 is 4.90 Å². The van der Waals surface area contributed by atoms with Crippen molar-refractivity contribution in [1.82, 2.24) is 4.90 Å². The normalized spacial score (nSPS) is 35.9. The highest BCUT2D eigenvalue weighted by Crippen LogP contribution is 2.36. The van der Waals surface area contributed by atoms with Crippen molar-refractivity contribution in [2.75, 3.05) is 18.6 Å². The maximum atomic E-state index is 11.4. The van der Waals surface area contributed by atoms with Gasteiger partial charge in [-0.1, -0.05) is 11.8 Å². The summed E-state index contributed by atoms with van der Waals surface area (Å²) < 4.78 is 22.7. The van der Waals surface area contributed by atoms with E-state index in [0.29, 0.717) is 5.17 Å². The highest BCUT2D eigenvalue weighted by molar-refractivity contribution is 8.15. The molecule has 0 unspecified atom stereocenters. The van der Waals surface area contributed by atoms with Gasteiger partial charge in [0.05, 0.1) is 17.5 Å². The van der Waals surface area contributed by atoms with Crippen LogP contribution in [0.3, 0.4) is 0 Å². The lowest BCUT2D eigenvalue weighted by molar-refractivity contribution is -0.115. The number of carbonyl (C=O) groups is 1. The van der Waals surface area contributed by atoms with E-state index in [1.165, 1.54) is 18.7 Å². The molecule has 0 radical (unpaired) electrons. The molecule has 84 valence electrons. The third-order valence-electron chi connectivity index (χ3n) is 2.58. The second-order valence-corrected chi connectivity index (χ2v) is 7.19. The van der Waals surface area contributed by atoms with Gasteiger partial charge in [-0.15, -0.1) is 0 Å². The fourth-order valence-corrected chi connectivity index (χ4v) is 5.91. The van der Waals surface area contributed by atoms with E-state index in [4.69, 9.17) is 0 Å². The number of hydrogen-bond donors (Lipinski definition) is 0. The number of sulfone groups is 1. The van der Waals surface area contributed by atoms with Gasteiger partial charge in [-0.05, 0) is 0 Å². The molecule has 2 aliphatic rings. The molecule has 1 amide bonds. The van der Waals surface area contributed by atoms with E-state index in [-0.39, 0.29) is 28.7 Å². The monoisotopic (exact) mass is 248 g/mol. The zero-order valence-electron chi connectivity index (χ0n) is 8.50. The number of thioether (sulfide) groups is 1. The van der Waals surface area contributed by atoms with E-state index in [0.717, 1.165) is 0 Å². The first kappa shape index (κ1) is 10.9. The van der Waals surface area contributed by atoms with Crippen LogP contribution in [0.25, 0.3) is 0 Å². The number of nitrogens with zero attached hydrogens (tertiary/aromatic N) is 2. The Morgan fingerprint density at radius 3 is 2.73 bits per heavy atom. The lowest BCUT2D eigenvalue weighted by atomic mass is 10.2. The van der Waals surface area contributed by atoms with E-state index in [2.05, 4.69) is 4.99 Å². The minimum Gasteiger partial charge on any atom is -0.349 e. The zero-order valence-corrected chi connectivity index (χ0v) is 10.1. The zero-order chi connectivity index (χ0) is 11.2.